The maximum atomic E-state index is 12.9. The fraction of sp³-hybridized carbons (Fsp3) is 0.810. The molecule has 0 spiro atoms. The summed E-state index contributed by atoms with van der Waals surface area (Å²) in [4.78, 5) is 49.3. The van der Waals surface area contributed by atoms with E-state index in [0.29, 0.717) is 6.42 Å². The van der Waals surface area contributed by atoms with E-state index in [2.05, 4.69) is 28.6 Å². The Morgan fingerprint density at radius 2 is 1.23 bits per heavy atom. The van der Waals surface area contributed by atoms with Crippen LogP contribution in [0.1, 0.15) is 60.8 Å². The summed E-state index contributed by atoms with van der Waals surface area (Å²) in [5.41, 5.74) is 5.97. The number of rotatable bonds is 14. The lowest BCUT2D eigenvalue weighted by atomic mass is 9.97. The molecule has 0 heterocycles. The van der Waals surface area contributed by atoms with Gasteiger partial charge in [0.1, 0.15) is 18.1 Å². The highest BCUT2D eigenvalue weighted by atomic mass is 32.1. The number of amides is 3. The zero-order chi connectivity index (χ0) is 24.3. The molecule has 180 valence electrons. The Hall–Kier alpha value is -1.81. The van der Waals surface area contributed by atoms with Crippen LogP contribution in [-0.4, -0.2) is 58.7 Å². The molecule has 0 bridgehead atoms. The molecule has 0 fully saturated rings. The molecule has 0 aliphatic rings. The van der Waals surface area contributed by atoms with E-state index < -0.39 is 47.9 Å². The number of carbonyl (C=O) groups excluding carboxylic acids is 3. The highest BCUT2D eigenvalue weighted by Gasteiger charge is 2.31. The van der Waals surface area contributed by atoms with Gasteiger partial charge in [0, 0.05) is 5.75 Å². The number of aliphatic carboxylic acids is 1. The molecule has 5 atom stereocenters. The Bertz CT molecular complexity index is 615. The molecule has 31 heavy (non-hydrogen) atoms. The molecule has 10 heteroatoms. The van der Waals surface area contributed by atoms with E-state index in [9.17, 15) is 24.3 Å². The molecule has 5 unspecified atom stereocenters. The predicted molar refractivity (Wildman–Crippen MR) is 124 cm³/mol. The van der Waals surface area contributed by atoms with Crippen molar-refractivity contribution in [1.82, 2.24) is 16.0 Å². The molecule has 9 nitrogen and oxygen atoms in total. The minimum atomic E-state index is -1.14. The molecular weight excluding hydrogens is 420 g/mol. The van der Waals surface area contributed by atoms with Crippen LogP contribution >= 0.6 is 12.6 Å². The largest absolute Gasteiger partial charge is 0.480 e. The van der Waals surface area contributed by atoms with E-state index in [0.717, 1.165) is 6.42 Å². The van der Waals surface area contributed by atoms with E-state index in [1.807, 2.05) is 41.5 Å². The zero-order valence-electron chi connectivity index (χ0n) is 19.5. The second-order valence-electron chi connectivity index (χ2n) is 8.87. The second kappa shape index (κ2) is 14.3. The fourth-order valence-electron chi connectivity index (χ4n) is 2.91. The average molecular weight is 461 g/mol. The summed E-state index contributed by atoms with van der Waals surface area (Å²) in [6.45, 7) is 11.3. The van der Waals surface area contributed by atoms with E-state index in [4.69, 9.17) is 5.73 Å². The number of carboxylic acid groups (broad SMARTS) is 1. The number of carboxylic acids is 1. The SMILES string of the molecule is CCC(C)C(N)C(=O)NC(CC(C)C)C(=O)NC(CS)C(=O)NC(CC(C)C)C(=O)O. The first-order chi connectivity index (χ1) is 14.3. The molecule has 3 amide bonds. The third kappa shape index (κ3) is 10.9. The Labute approximate surface area is 191 Å². The molecule has 0 rings (SSSR count). The van der Waals surface area contributed by atoms with Crippen molar-refractivity contribution < 1.29 is 24.3 Å². The molecule has 0 aromatic rings. The average Bonchev–Trinajstić information content (AvgIpc) is 2.68. The van der Waals surface area contributed by atoms with Gasteiger partial charge >= 0.3 is 5.97 Å². The Balaban J connectivity index is 5.27. The number of nitrogens with two attached hydrogens (primary N) is 1. The van der Waals surface area contributed by atoms with E-state index in [-0.39, 0.29) is 29.9 Å². The van der Waals surface area contributed by atoms with Crippen LogP contribution in [0.25, 0.3) is 0 Å². The normalized spacial score (nSPS) is 16.2. The van der Waals surface area contributed by atoms with Gasteiger partial charge in [-0.2, -0.15) is 12.6 Å². The number of thiol groups is 1. The second-order valence-corrected chi connectivity index (χ2v) is 9.24. The zero-order valence-corrected chi connectivity index (χ0v) is 20.4. The first-order valence-electron chi connectivity index (χ1n) is 10.8. The lowest BCUT2D eigenvalue weighted by molar-refractivity contribution is -0.142. The highest BCUT2D eigenvalue weighted by molar-refractivity contribution is 7.80. The Morgan fingerprint density at radius 1 is 0.806 bits per heavy atom. The molecule has 0 radical (unpaired) electrons. The minimum absolute atomic E-state index is 0.0275. The third-order valence-corrected chi connectivity index (χ3v) is 5.40. The van der Waals surface area contributed by atoms with Crippen molar-refractivity contribution in [2.75, 3.05) is 5.75 Å². The molecule has 0 aliphatic carbocycles. The van der Waals surface area contributed by atoms with Crippen LogP contribution in [0.2, 0.25) is 0 Å². The predicted octanol–water partition coefficient (Wildman–Crippen LogP) is 0.921. The van der Waals surface area contributed by atoms with Crippen molar-refractivity contribution in [3.63, 3.8) is 0 Å². The van der Waals surface area contributed by atoms with Crippen LogP contribution in [0.5, 0.6) is 0 Å². The number of carbonyl (C=O) groups is 4. The smallest absolute Gasteiger partial charge is 0.326 e. The Kier molecular flexibility index (Phi) is 13.5. The van der Waals surface area contributed by atoms with Crippen molar-refractivity contribution in [3.8, 4) is 0 Å². The molecular formula is C21H40N4O5S. The first-order valence-corrected chi connectivity index (χ1v) is 11.5. The lowest BCUT2D eigenvalue weighted by Crippen LogP contribution is -2.58. The standard InChI is InChI=1S/C21H40N4O5S/c1-7-13(6)17(22)20(28)23-14(8-11(2)3)18(26)25-16(10-31)19(27)24-15(21(29)30)9-12(4)5/h11-17,31H,7-10,22H2,1-6H3,(H,23,28)(H,24,27)(H,25,26)(H,29,30). The van der Waals surface area contributed by atoms with Crippen molar-refractivity contribution in [3.05, 3.63) is 0 Å². The topological polar surface area (TPSA) is 151 Å². The van der Waals surface area contributed by atoms with Crippen LogP contribution in [0, 0.1) is 17.8 Å². The van der Waals surface area contributed by atoms with Gasteiger partial charge in [-0.15, -0.1) is 0 Å². The third-order valence-electron chi connectivity index (χ3n) is 5.04. The number of hydrogen-bond donors (Lipinski definition) is 6. The van der Waals surface area contributed by atoms with Gasteiger partial charge in [0.05, 0.1) is 6.04 Å². The van der Waals surface area contributed by atoms with Gasteiger partial charge in [0.15, 0.2) is 0 Å². The summed E-state index contributed by atoms with van der Waals surface area (Å²) in [6, 6.07) is -3.72. The monoisotopic (exact) mass is 460 g/mol. The van der Waals surface area contributed by atoms with Crippen LogP contribution in [0.4, 0.5) is 0 Å². The summed E-state index contributed by atoms with van der Waals surface area (Å²) in [5, 5.41) is 17.1. The van der Waals surface area contributed by atoms with E-state index in [1.54, 1.807) is 0 Å². The van der Waals surface area contributed by atoms with Crippen molar-refractivity contribution in [1.29, 1.82) is 0 Å². The maximum absolute atomic E-state index is 12.9. The van der Waals surface area contributed by atoms with Crippen LogP contribution < -0.4 is 21.7 Å². The first kappa shape index (κ1) is 29.2. The molecule has 0 aromatic heterocycles. The summed E-state index contributed by atoms with van der Waals surface area (Å²) in [5.74, 6) is -2.66. The molecule has 0 aromatic carbocycles. The summed E-state index contributed by atoms with van der Waals surface area (Å²) < 4.78 is 0. The minimum Gasteiger partial charge on any atom is -0.480 e. The molecule has 6 N–H and O–H groups in total. The summed E-state index contributed by atoms with van der Waals surface area (Å²) in [7, 11) is 0. The van der Waals surface area contributed by atoms with Gasteiger partial charge in [0.2, 0.25) is 17.7 Å². The van der Waals surface area contributed by atoms with E-state index >= 15 is 0 Å². The quantitative estimate of drug-likeness (QED) is 0.212. The summed E-state index contributed by atoms with van der Waals surface area (Å²) >= 11 is 4.12. The van der Waals surface area contributed by atoms with Crippen LogP contribution in [0.3, 0.4) is 0 Å². The number of nitrogens with one attached hydrogen (secondary N) is 3. The van der Waals surface area contributed by atoms with Crippen molar-refractivity contribution in [2.24, 2.45) is 23.5 Å². The number of hydrogen-bond acceptors (Lipinski definition) is 6. The van der Waals surface area contributed by atoms with Gasteiger partial charge in [-0.05, 0) is 30.6 Å². The van der Waals surface area contributed by atoms with E-state index in [1.165, 1.54) is 0 Å². The lowest BCUT2D eigenvalue weighted by Gasteiger charge is -2.26. The van der Waals surface area contributed by atoms with Gasteiger partial charge < -0.3 is 26.8 Å². The van der Waals surface area contributed by atoms with Gasteiger partial charge in [-0.1, -0.05) is 48.0 Å². The highest BCUT2D eigenvalue weighted by Crippen LogP contribution is 2.10. The molecule has 0 saturated carbocycles. The van der Waals surface area contributed by atoms with Gasteiger partial charge in [-0.3, -0.25) is 14.4 Å². The van der Waals surface area contributed by atoms with Crippen LogP contribution in [0.15, 0.2) is 0 Å². The fourth-order valence-corrected chi connectivity index (χ4v) is 3.17. The molecule has 0 saturated heterocycles. The van der Waals surface area contributed by atoms with Gasteiger partial charge in [0.25, 0.3) is 0 Å². The Morgan fingerprint density at radius 3 is 1.65 bits per heavy atom. The van der Waals surface area contributed by atoms with Crippen LogP contribution in [-0.2, 0) is 19.2 Å². The maximum Gasteiger partial charge on any atom is 0.326 e. The van der Waals surface area contributed by atoms with Crippen molar-refractivity contribution in [2.45, 2.75) is 85.0 Å². The summed E-state index contributed by atoms with van der Waals surface area (Å²) in [6.07, 6.45) is 1.34. The van der Waals surface area contributed by atoms with Crippen molar-refractivity contribution >= 4 is 36.3 Å². The van der Waals surface area contributed by atoms with Gasteiger partial charge in [-0.25, -0.2) is 4.79 Å². The molecule has 0 aliphatic heterocycles.